The first-order valence-electron chi connectivity index (χ1n) is 6.07. The Morgan fingerprint density at radius 1 is 1.29 bits per heavy atom. The van der Waals surface area contributed by atoms with Crippen LogP contribution in [0.25, 0.3) is 0 Å². The van der Waals surface area contributed by atoms with E-state index in [0.29, 0.717) is 12.3 Å². The van der Waals surface area contributed by atoms with Crippen molar-refractivity contribution in [1.29, 1.82) is 0 Å². The molecule has 3 aliphatic rings. The minimum Gasteiger partial charge on any atom is -0.326 e. The Morgan fingerprint density at radius 2 is 2.24 bits per heavy atom. The molecule has 1 aromatic rings. The summed E-state index contributed by atoms with van der Waals surface area (Å²) >= 11 is 0. The van der Waals surface area contributed by atoms with Crippen molar-refractivity contribution in [2.45, 2.75) is 18.3 Å². The highest BCUT2D eigenvalue weighted by Gasteiger charge is 2.52. The molecule has 4 rings (SSSR count). The Hall–Kier alpha value is -1.83. The molecule has 2 unspecified atom stereocenters. The smallest absolute Gasteiger partial charge is 0.228 e. The number of benzene rings is 1. The van der Waals surface area contributed by atoms with Crippen molar-refractivity contribution >= 4 is 11.6 Å². The van der Waals surface area contributed by atoms with Gasteiger partial charge in [0.05, 0.1) is 6.42 Å². The molecule has 0 aromatic heterocycles. The molecule has 1 N–H and O–H groups in total. The average Bonchev–Trinajstić information content (AvgIpc) is 2.97. The van der Waals surface area contributed by atoms with Crippen molar-refractivity contribution in [2.24, 2.45) is 5.92 Å². The predicted octanol–water partition coefficient (Wildman–Crippen LogP) is 2.56. The number of rotatable bonds is 1. The molecule has 1 saturated carbocycles. The molecular formula is C15H13NO. The Labute approximate surface area is 100 Å². The summed E-state index contributed by atoms with van der Waals surface area (Å²) in [7, 11) is 0. The SMILES string of the molecule is O=C1Cc2ccc(C34C=CC=CC3C4)cc2N1. The highest BCUT2D eigenvalue weighted by molar-refractivity contribution is 5.99. The van der Waals surface area contributed by atoms with E-state index < -0.39 is 0 Å². The van der Waals surface area contributed by atoms with Gasteiger partial charge in [0.15, 0.2) is 0 Å². The van der Waals surface area contributed by atoms with Crippen molar-refractivity contribution in [1.82, 2.24) is 0 Å². The molecule has 2 aliphatic carbocycles. The molecule has 0 saturated heterocycles. The largest absolute Gasteiger partial charge is 0.326 e. The van der Waals surface area contributed by atoms with E-state index in [1.807, 2.05) is 0 Å². The standard InChI is InChI=1S/C15H13NO/c17-14-7-10-4-5-11(8-13(10)16-14)15-6-2-1-3-12(15)9-15/h1-6,8,12H,7,9H2,(H,16,17). The monoisotopic (exact) mass is 223 g/mol. The van der Waals surface area contributed by atoms with Gasteiger partial charge in [-0.25, -0.2) is 0 Å². The summed E-state index contributed by atoms with van der Waals surface area (Å²) in [5.41, 5.74) is 3.69. The van der Waals surface area contributed by atoms with Gasteiger partial charge in [0.1, 0.15) is 0 Å². The van der Waals surface area contributed by atoms with Crippen LogP contribution >= 0.6 is 0 Å². The van der Waals surface area contributed by atoms with Crippen LogP contribution in [-0.4, -0.2) is 5.91 Å². The number of allylic oxidation sites excluding steroid dienone is 4. The lowest BCUT2D eigenvalue weighted by Crippen LogP contribution is -2.08. The summed E-state index contributed by atoms with van der Waals surface area (Å²) in [6.07, 6.45) is 10.6. The van der Waals surface area contributed by atoms with Gasteiger partial charge < -0.3 is 5.32 Å². The van der Waals surface area contributed by atoms with Gasteiger partial charge in [0, 0.05) is 11.1 Å². The number of carbonyl (C=O) groups is 1. The molecule has 2 heteroatoms. The topological polar surface area (TPSA) is 29.1 Å². The molecule has 2 atom stereocenters. The van der Waals surface area contributed by atoms with Crippen LogP contribution < -0.4 is 5.32 Å². The third-order valence-corrected chi connectivity index (χ3v) is 4.18. The summed E-state index contributed by atoms with van der Waals surface area (Å²) in [5.74, 6) is 0.767. The van der Waals surface area contributed by atoms with Crippen molar-refractivity contribution in [3.8, 4) is 0 Å². The number of amides is 1. The zero-order chi connectivity index (χ0) is 11.5. The van der Waals surface area contributed by atoms with Crippen molar-refractivity contribution in [2.75, 3.05) is 5.32 Å². The van der Waals surface area contributed by atoms with Gasteiger partial charge in [-0.3, -0.25) is 4.79 Å². The summed E-state index contributed by atoms with van der Waals surface area (Å²) in [6.45, 7) is 0. The second-order valence-electron chi connectivity index (χ2n) is 5.19. The minimum absolute atomic E-state index is 0.112. The van der Waals surface area contributed by atoms with E-state index in [9.17, 15) is 4.79 Å². The Balaban J connectivity index is 1.78. The number of hydrogen-bond acceptors (Lipinski definition) is 1. The fraction of sp³-hybridized carbons (Fsp3) is 0.267. The van der Waals surface area contributed by atoms with Gasteiger partial charge in [-0.1, -0.05) is 36.4 Å². The van der Waals surface area contributed by atoms with Crippen molar-refractivity contribution in [3.05, 3.63) is 53.6 Å². The van der Waals surface area contributed by atoms with E-state index in [2.05, 4.69) is 47.8 Å². The second kappa shape index (κ2) is 2.89. The molecule has 2 nitrogen and oxygen atoms in total. The van der Waals surface area contributed by atoms with E-state index >= 15 is 0 Å². The molecule has 84 valence electrons. The molecule has 1 aromatic carbocycles. The second-order valence-corrected chi connectivity index (χ2v) is 5.19. The number of anilines is 1. The third-order valence-electron chi connectivity index (χ3n) is 4.18. The van der Waals surface area contributed by atoms with Gasteiger partial charge in [0.25, 0.3) is 0 Å². The zero-order valence-corrected chi connectivity index (χ0v) is 9.44. The maximum absolute atomic E-state index is 11.3. The first kappa shape index (κ1) is 9.23. The van der Waals surface area contributed by atoms with Crippen LogP contribution in [0.5, 0.6) is 0 Å². The molecule has 0 bridgehead atoms. The van der Waals surface area contributed by atoms with Crippen LogP contribution in [0, 0.1) is 5.92 Å². The van der Waals surface area contributed by atoms with Gasteiger partial charge in [-0.05, 0) is 29.5 Å². The fourth-order valence-electron chi connectivity index (χ4n) is 3.09. The van der Waals surface area contributed by atoms with Crippen molar-refractivity contribution in [3.63, 3.8) is 0 Å². The maximum atomic E-state index is 11.3. The van der Waals surface area contributed by atoms with Crippen molar-refractivity contribution < 1.29 is 4.79 Å². The van der Waals surface area contributed by atoms with Crippen LogP contribution in [0.15, 0.2) is 42.5 Å². The molecular weight excluding hydrogens is 210 g/mol. The van der Waals surface area contributed by atoms with E-state index in [-0.39, 0.29) is 11.3 Å². The van der Waals surface area contributed by atoms with E-state index in [4.69, 9.17) is 0 Å². The number of carbonyl (C=O) groups excluding carboxylic acids is 1. The van der Waals surface area contributed by atoms with E-state index in [0.717, 1.165) is 11.3 Å². The zero-order valence-electron chi connectivity index (χ0n) is 9.44. The normalized spacial score (nSPS) is 32.0. The number of hydrogen-bond donors (Lipinski definition) is 1. The van der Waals surface area contributed by atoms with Crippen LogP contribution in [0.3, 0.4) is 0 Å². The van der Waals surface area contributed by atoms with Gasteiger partial charge in [-0.2, -0.15) is 0 Å². The highest BCUT2D eigenvalue weighted by atomic mass is 16.1. The summed E-state index contributed by atoms with van der Waals surface area (Å²) in [6, 6.07) is 6.44. The van der Waals surface area contributed by atoms with Crippen LogP contribution in [-0.2, 0) is 16.6 Å². The van der Waals surface area contributed by atoms with Crippen LogP contribution in [0.1, 0.15) is 17.5 Å². The van der Waals surface area contributed by atoms with E-state index in [1.165, 1.54) is 12.0 Å². The maximum Gasteiger partial charge on any atom is 0.228 e. The molecule has 1 heterocycles. The summed E-state index contributed by atoms with van der Waals surface area (Å²) in [4.78, 5) is 11.3. The number of nitrogens with one attached hydrogen (secondary N) is 1. The Morgan fingerprint density at radius 3 is 3.12 bits per heavy atom. The Bertz CT molecular complexity index is 585. The first-order valence-corrected chi connectivity index (χ1v) is 6.07. The summed E-state index contributed by atoms with van der Waals surface area (Å²) in [5, 5.41) is 2.93. The lowest BCUT2D eigenvalue weighted by Gasteiger charge is -2.15. The molecule has 0 spiro atoms. The van der Waals surface area contributed by atoms with Crippen LogP contribution in [0.2, 0.25) is 0 Å². The summed E-state index contributed by atoms with van der Waals surface area (Å²) < 4.78 is 0. The predicted molar refractivity (Wildman–Crippen MR) is 66.8 cm³/mol. The number of fused-ring (bicyclic) bond motifs is 2. The molecule has 1 aliphatic heterocycles. The molecule has 0 radical (unpaired) electrons. The minimum atomic E-state index is 0.112. The molecule has 17 heavy (non-hydrogen) atoms. The average molecular weight is 223 g/mol. The van der Waals surface area contributed by atoms with Gasteiger partial charge >= 0.3 is 0 Å². The van der Waals surface area contributed by atoms with Gasteiger partial charge in [-0.15, -0.1) is 0 Å². The quantitative estimate of drug-likeness (QED) is 0.779. The first-order chi connectivity index (χ1) is 8.28. The fourth-order valence-corrected chi connectivity index (χ4v) is 3.09. The Kier molecular flexibility index (Phi) is 1.57. The molecule has 1 fully saturated rings. The highest BCUT2D eigenvalue weighted by Crippen LogP contribution is 2.58. The lowest BCUT2D eigenvalue weighted by atomic mass is 9.89. The van der Waals surface area contributed by atoms with E-state index in [1.54, 1.807) is 0 Å². The van der Waals surface area contributed by atoms with Crippen LogP contribution in [0.4, 0.5) is 5.69 Å². The molecule has 1 amide bonds. The lowest BCUT2D eigenvalue weighted by molar-refractivity contribution is -0.115. The third kappa shape index (κ3) is 1.18. The van der Waals surface area contributed by atoms with Gasteiger partial charge in [0.2, 0.25) is 5.91 Å².